The van der Waals surface area contributed by atoms with Crippen LogP contribution in [-0.4, -0.2) is 47.2 Å². The minimum absolute atomic E-state index is 0.0250. The minimum Gasteiger partial charge on any atom is -0.368 e. The lowest BCUT2D eigenvalue weighted by molar-refractivity contribution is 0.0749. The van der Waals surface area contributed by atoms with Crippen LogP contribution in [0, 0.1) is 20.8 Å². The van der Waals surface area contributed by atoms with Crippen LogP contribution in [0.5, 0.6) is 0 Å². The first-order chi connectivity index (χ1) is 16.0. The first-order valence-corrected chi connectivity index (χ1v) is 11.5. The zero-order valence-electron chi connectivity index (χ0n) is 19.4. The van der Waals surface area contributed by atoms with Gasteiger partial charge < -0.3 is 9.80 Å². The van der Waals surface area contributed by atoms with Crippen LogP contribution in [0.25, 0.3) is 22.2 Å². The fourth-order valence-electron chi connectivity index (χ4n) is 4.65. The third-order valence-corrected chi connectivity index (χ3v) is 6.47. The number of carbonyl (C=O) groups excluding carboxylic acids is 1. The van der Waals surface area contributed by atoms with E-state index in [1.807, 2.05) is 53.4 Å². The first kappa shape index (κ1) is 21.1. The van der Waals surface area contributed by atoms with E-state index >= 15 is 0 Å². The zero-order chi connectivity index (χ0) is 22.9. The Hall–Kier alpha value is -3.73. The van der Waals surface area contributed by atoms with Crippen LogP contribution in [0.1, 0.15) is 27.0 Å². The number of rotatable bonds is 3. The SMILES string of the molecule is Cc1ccc(-c2nnc3ccccc3c2C(=O)N2CCN(c3ccc(C)cc3C)CC2)cc1. The van der Waals surface area contributed by atoms with Gasteiger partial charge in [0.2, 0.25) is 0 Å². The zero-order valence-corrected chi connectivity index (χ0v) is 19.4. The molecule has 0 atom stereocenters. The van der Waals surface area contributed by atoms with Gasteiger partial charge in [0.25, 0.3) is 5.91 Å². The molecule has 2 heterocycles. The molecule has 1 aliphatic heterocycles. The number of carbonyl (C=O) groups is 1. The van der Waals surface area contributed by atoms with Crippen molar-refractivity contribution in [3.63, 3.8) is 0 Å². The van der Waals surface area contributed by atoms with Crippen LogP contribution in [0.4, 0.5) is 5.69 Å². The van der Waals surface area contributed by atoms with E-state index in [1.165, 1.54) is 22.4 Å². The molecule has 0 aliphatic carbocycles. The molecule has 5 rings (SSSR count). The number of nitrogens with zero attached hydrogens (tertiary/aromatic N) is 4. The molecule has 0 N–H and O–H groups in total. The van der Waals surface area contributed by atoms with Gasteiger partial charge in [-0.15, -0.1) is 10.2 Å². The molecule has 4 aromatic rings. The summed E-state index contributed by atoms with van der Waals surface area (Å²) in [7, 11) is 0. The predicted molar refractivity (Wildman–Crippen MR) is 134 cm³/mol. The number of anilines is 1. The van der Waals surface area contributed by atoms with Crippen molar-refractivity contribution < 1.29 is 4.79 Å². The number of hydrogen-bond donors (Lipinski definition) is 0. The number of aromatic nitrogens is 2. The van der Waals surface area contributed by atoms with E-state index in [0.29, 0.717) is 24.3 Å². The molecule has 1 fully saturated rings. The summed E-state index contributed by atoms with van der Waals surface area (Å²) in [4.78, 5) is 18.2. The molecule has 166 valence electrons. The van der Waals surface area contributed by atoms with Gasteiger partial charge in [-0.05, 0) is 38.5 Å². The lowest BCUT2D eigenvalue weighted by Gasteiger charge is -2.37. The Morgan fingerprint density at radius 3 is 2.21 bits per heavy atom. The molecule has 0 unspecified atom stereocenters. The molecule has 0 spiro atoms. The highest BCUT2D eigenvalue weighted by atomic mass is 16.2. The second-order valence-electron chi connectivity index (χ2n) is 8.88. The van der Waals surface area contributed by atoms with E-state index in [-0.39, 0.29) is 5.91 Å². The van der Waals surface area contributed by atoms with E-state index in [2.05, 4.69) is 54.1 Å². The van der Waals surface area contributed by atoms with Crippen molar-refractivity contribution >= 4 is 22.5 Å². The summed E-state index contributed by atoms with van der Waals surface area (Å²) in [5, 5.41) is 9.76. The van der Waals surface area contributed by atoms with Crippen LogP contribution >= 0.6 is 0 Å². The maximum absolute atomic E-state index is 13.9. The van der Waals surface area contributed by atoms with Crippen molar-refractivity contribution in [1.82, 2.24) is 15.1 Å². The average Bonchev–Trinajstić information content (AvgIpc) is 2.84. The highest BCUT2D eigenvalue weighted by Gasteiger charge is 2.27. The van der Waals surface area contributed by atoms with Gasteiger partial charge in [0.05, 0.1) is 11.1 Å². The Morgan fingerprint density at radius 2 is 1.48 bits per heavy atom. The molecule has 33 heavy (non-hydrogen) atoms. The molecule has 0 saturated carbocycles. The molecule has 5 heteroatoms. The van der Waals surface area contributed by atoms with E-state index in [4.69, 9.17) is 0 Å². The van der Waals surface area contributed by atoms with Crippen LogP contribution < -0.4 is 4.90 Å². The van der Waals surface area contributed by atoms with Gasteiger partial charge in [-0.2, -0.15) is 0 Å². The summed E-state index contributed by atoms with van der Waals surface area (Å²) in [6.45, 7) is 9.30. The van der Waals surface area contributed by atoms with Crippen molar-refractivity contribution in [2.45, 2.75) is 20.8 Å². The third kappa shape index (κ3) is 4.07. The largest absolute Gasteiger partial charge is 0.368 e. The standard InChI is InChI=1S/C28H28N4O/c1-19-8-11-22(12-9-19)27-26(23-6-4-5-7-24(23)29-30-27)28(33)32-16-14-31(15-17-32)25-13-10-20(2)18-21(25)3/h4-13,18H,14-17H2,1-3H3. The van der Waals surface area contributed by atoms with Crippen LogP contribution in [0.3, 0.4) is 0 Å². The van der Waals surface area contributed by atoms with Gasteiger partial charge in [-0.25, -0.2) is 0 Å². The van der Waals surface area contributed by atoms with E-state index < -0.39 is 0 Å². The smallest absolute Gasteiger partial charge is 0.256 e. The molecule has 0 bridgehead atoms. The van der Waals surface area contributed by atoms with Gasteiger partial charge in [-0.3, -0.25) is 4.79 Å². The molecule has 1 aromatic heterocycles. The average molecular weight is 437 g/mol. The van der Waals surface area contributed by atoms with Crippen molar-refractivity contribution in [2.75, 3.05) is 31.1 Å². The van der Waals surface area contributed by atoms with Crippen LogP contribution in [0.2, 0.25) is 0 Å². The summed E-state index contributed by atoms with van der Waals surface area (Å²) >= 11 is 0. The number of fused-ring (bicyclic) bond motifs is 1. The lowest BCUT2D eigenvalue weighted by Crippen LogP contribution is -2.49. The number of benzene rings is 3. The van der Waals surface area contributed by atoms with Crippen LogP contribution in [-0.2, 0) is 0 Å². The maximum atomic E-state index is 13.9. The highest BCUT2D eigenvalue weighted by Crippen LogP contribution is 2.29. The lowest BCUT2D eigenvalue weighted by atomic mass is 9.99. The van der Waals surface area contributed by atoms with Crippen LogP contribution in [0.15, 0.2) is 66.7 Å². The second kappa shape index (κ2) is 8.66. The molecular weight excluding hydrogens is 408 g/mol. The highest BCUT2D eigenvalue weighted by molar-refractivity contribution is 6.10. The Bertz CT molecular complexity index is 1320. The minimum atomic E-state index is 0.0250. The first-order valence-electron chi connectivity index (χ1n) is 11.5. The monoisotopic (exact) mass is 436 g/mol. The molecule has 0 radical (unpaired) electrons. The number of piperazine rings is 1. The summed E-state index contributed by atoms with van der Waals surface area (Å²) in [5.41, 5.74) is 7.92. The van der Waals surface area contributed by atoms with Gasteiger partial charge in [0.15, 0.2) is 0 Å². The fraction of sp³-hybridized carbons (Fsp3) is 0.250. The van der Waals surface area contributed by atoms with E-state index in [1.54, 1.807) is 0 Å². The molecule has 1 aliphatic rings. The molecule has 1 saturated heterocycles. The van der Waals surface area contributed by atoms with E-state index in [0.717, 1.165) is 29.6 Å². The Balaban J connectivity index is 1.47. The van der Waals surface area contributed by atoms with Crippen molar-refractivity contribution in [1.29, 1.82) is 0 Å². The second-order valence-corrected chi connectivity index (χ2v) is 8.88. The molecule has 3 aromatic carbocycles. The number of hydrogen-bond acceptors (Lipinski definition) is 4. The van der Waals surface area contributed by atoms with Crippen molar-refractivity contribution in [3.05, 3.63) is 89.0 Å². The van der Waals surface area contributed by atoms with Crippen molar-refractivity contribution in [2.24, 2.45) is 0 Å². The maximum Gasteiger partial charge on any atom is 0.256 e. The van der Waals surface area contributed by atoms with E-state index in [9.17, 15) is 4.79 Å². The number of amides is 1. The Morgan fingerprint density at radius 1 is 0.788 bits per heavy atom. The topological polar surface area (TPSA) is 49.3 Å². The molecule has 1 amide bonds. The number of aryl methyl sites for hydroxylation is 3. The van der Waals surface area contributed by atoms with Gasteiger partial charge in [0, 0.05) is 42.8 Å². The summed E-state index contributed by atoms with van der Waals surface area (Å²) in [6, 6.07) is 22.5. The van der Waals surface area contributed by atoms with Crippen molar-refractivity contribution in [3.8, 4) is 11.3 Å². The van der Waals surface area contributed by atoms with Gasteiger partial charge in [-0.1, -0.05) is 65.7 Å². The summed E-state index contributed by atoms with van der Waals surface area (Å²) in [5.74, 6) is 0.0250. The van der Waals surface area contributed by atoms with Gasteiger partial charge in [0.1, 0.15) is 5.69 Å². The third-order valence-electron chi connectivity index (χ3n) is 6.47. The predicted octanol–water partition coefficient (Wildman–Crippen LogP) is 5.18. The molecular formula is C28H28N4O. The fourth-order valence-corrected chi connectivity index (χ4v) is 4.65. The quantitative estimate of drug-likeness (QED) is 0.444. The molecule has 5 nitrogen and oxygen atoms in total. The Kier molecular flexibility index (Phi) is 5.55. The summed E-state index contributed by atoms with van der Waals surface area (Å²) in [6.07, 6.45) is 0. The summed E-state index contributed by atoms with van der Waals surface area (Å²) < 4.78 is 0. The normalized spacial score (nSPS) is 14.0. The Labute approximate surface area is 194 Å². The van der Waals surface area contributed by atoms with Gasteiger partial charge >= 0.3 is 0 Å².